The summed E-state index contributed by atoms with van der Waals surface area (Å²) in [6, 6.07) is 7.14. The van der Waals surface area contributed by atoms with Gasteiger partial charge in [0.1, 0.15) is 17.1 Å². The van der Waals surface area contributed by atoms with Gasteiger partial charge in [0, 0.05) is 44.2 Å². The molecule has 2 aliphatic rings. The number of hydrogen-bond acceptors (Lipinski definition) is 6. The molecule has 0 bridgehead atoms. The molecule has 0 spiro atoms. The van der Waals surface area contributed by atoms with E-state index in [-0.39, 0.29) is 0 Å². The molecular formula is C20H25N5O. The Labute approximate surface area is 154 Å². The van der Waals surface area contributed by atoms with Crippen molar-refractivity contribution in [3.63, 3.8) is 0 Å². The van der Waals surface area contributed by atoms with Crippen LogP contribution in [0.5, 0.6) is 0 Å². The zero-order chi connectivity index (χ0) is 18.1. The molecule has 0 aliphatic carbocycles. The third kappa shape index (κ3) is 3.13. The fourth-order valence-electron chi connectivity index (χ4n) is 4.34. The molecule has 0 radical (unpaired) electrons. The summed E-state index contributed by atoms with van der Waals surface area (Å²) in [6.45, 7) is 6.00. The third-order valence-corrected chi connectivity index (χ3v) is 5.76. The standard InChI is InChI=1S/C20H25N5O/c1-14-9-17(24(2)16-5-8-26-13-16)12-25(11-14)18-4-3-15(10-21)19-20(18)23-7-6-22-19/h3-4,6-7,14,16-17H,5,8-9,11-13H2,1-2H3/t14-,16?,17+/m0/s1. The van der Waals surface area contributed by atoms with E-state index in [2.05, 4.69) is 39.8 Å². The van der Waals surface area contributed by atoms with Gasteiger partial charge in [-0.05, 0) is 37.9 Å². The number of likely N-dealkylation sites (N-methyl/N-ethyl adjacent to an activating group) is 1. The minimum Gasteiger partial charge on any atom is -0.380 e. The molecule has 1 unspecified atom stereocenters. The predicted octanol–water partition coefficient (Wildman–Crippen LogP) is 2.44. The summed E-state index contributed by atoms with van der Waals surface area (Å²) in [7, 11) is 2.23. The zero-order valence-electron chi connectivity index (χ0n) is 15.4. The number of anilines is 1. The molecule has 2 fully saturated rings. The van der Waals surface area contributed by atoms with Gasteiger partial charge in [-0.1, -0.05) is 6.92 Å². The molecule has 6 nitrogen and oxygen atoms in total. The molecule has 3 heterocycles. The van der Waals surface area contributed by atoms with E-state index in [1.165, 1.54) is 6.42 Å². The lowest BCUT2D eigenvalue weighted by atomic mass is 9.93. The highest BCUT2D eigenvalue weighted by Gasteiger charge is 2.33. The summed E-state index contributed by atoms with van der Waals surface area (Å²) in [4.78, 5) is 13.9. The summed E-state index contributed by atoms with van der Waals surface area (Å²) >= 11 is 0. The highest BCUT2D eigenvalue weighted by atomic mass is 16.5. The van der Waals surface area contributed by atoms with Crippen molar-refractivity contribution in [2.24, 2.45) is 5.92 Å². The molecule has 0 N–H and O–H groups in total. The Morgan fingerprint density at radius 3 is 2.73 bits per heavy atom. The van der Waals surface area contributed by atoms with Crippen LogP contribution in [0, 0.1) is 17.2 Å². The van der Waals surface area contributed by atoms with E-state index in [9.17, 15) is 5.26 Å². The van der Waals surface area contributed by atoms with Crippen LogP contribution in [0.1, 0.15) is 25.3 Å². The van der Waals surface area contributed by atoms with Crippen molar-refractivity contribution in [3.05, 3.63) is 30.1 Å². The largest absolute Gasteiger partial charge is 0.380 e. The van der Waals surface area contributed by atoms with Gasteiger partial charge in [-0.25, -0.2) is 0 Å². The van der Waals surface area contributed by atoms with Crippen LogP contribution < -0.4 is 4.90 Å². The van der Waals surface area contributed by atoms with Crippen molar-refractivity contribution in [1.82, 2.24) is 14.9 Å². The maximum Gasteiger partial charge on any atom is 0.113 e. The molecule has 0 amide bonds. The second-order valence-corrected chi connectivity index (χ2v) is 7.58. The van der Waals surface area contributed by atoms with Crippen molar-refractivity contribution in [2.75, 3.05) is 38.3 Å². The maximum atomic E-state index is 9.37. The van der Waals surface area contributed by atoms with Crippen LogP contribution in [-0.2, 0) is 4.74 Å². The second kappa shape index (κ2) is 7.18. The van der Waals surface area contributed by atoms with Gasteiger partial charge in [-0.2, -0.15) is 5.26 Å². The van der Waals surface area contributed by atoms with Gasteiger partial charge < -0.3 is 9.64 Å². The molecule has 3 atom stereocenters. The van der Waals surface area contributed by atoms with E-state index >= 15 is 0 Å². The molecular weight excluding hydrogens is 326 g/mol. The first-order chi connectivity index (χ1) is 12.7. The molecule has 1 aromatic heterocycles. The van der Waals surface area contributed by atoms with E-state index in [1.54, 1.807) is 12.4 Å². The Kier molecular flexibility index (Phi) is 4.75. The number of ether oxygens (including phenoxy) is 1. The van der Waals surface area contributed by atoms with Gasteiger partial charge in [-0.3, -0.25) is 14.9 Å². The third-order valence-electron chi connectivity index (χ3n) is 5.76. The minimum atomic E-state index is 0.493. The first-order valence-electron chi connectivity index (χ1n) is 9.36. The summed E-state index contributed by atoms with van der Waals surface area (Å²) in [6.07, 6.45) is 5.68. The molecule has 136 valence electrons. The highest BCUT2D eigenvalue weighted by molar-refractivity contribution is 5.92. The van der Waals surface area contributed by atoms with Crippen molar-refractivity contribution in [1.29, 1.82) is 5.26 Å². The SMILES string of the molecule is C[C@H]1C[C@@H](N(C)C2CCOC2)CN(c2ccc(C#N)c3nccnc23)C1. The quantitative estimate of drug-likeness (QED) is 0.846. The number of fused-ring (bicyclic) bond motifs is 1. The average Bonchev–Trinajstić information content (AvgIpc) is 3.20. The molecule has 1 aromatic carbocycles. The first-order valence-corrected chi connectivity index (χ1v) is 9.36. The lowest BCUT2D eigenvalue weighted by Crippen LogP contribution is -2.52. The zero-order valence-corrected chi connectivity index (χ0v) is 15.4. The summed E-state index contributed by atoms with van der Waals surface area (Å²) < 4.78 is 5.59. The lowest BCUT2D eigenvalue weighted by molar-refractivity contribution is 0.115. The lowest BCUT2D eigenvalue weighted by Gasteiger charge is -2.43. The fraction of sp³-hybridized carbons (Fsp3) is 0.550. The normalized spacial score (nSPS) is 26.4. The molecule has 6 heteroatoms. The van der Waals surface area contributed by atoms with Crippen LogP contribution in [0.4, 0.5) is 5.69 Å². The Bertz CT molecular complexity index is 827. The van der Waals surface area contributed by atoms with Gasteiger partial charge in [0.05, 0.1) is 17.9 Å². The van der Waals surface area contributed by atoms with Crippen LogP contribution in [0.2, 0.25) is 0 Å². The maximum absolute atomic E-state index is 9.37. The van der Waals surface area contributed by atoms with Crippen molar-refractivity contribution in [3.8, 4) is 6.07 Å². The number of hydrogen-bond donors (Lipinski definition) is 0. The minimum absolute atomic E-state index is 0.493. The Morgan fingerprint density at radius 1 is 1.19 bits per heavy atom. The van der Waals surface area contributed by atoms with Crippen LogP contribution >= 0.6 is 0 Å². The predicted molar refractivity (Wildman–Crippen MR) is 101 cm³/mol. The van der Waals surface area contributed by atoms with E-state index in [1.807, 2.05) is 12.1 Å². The number of nitrogens with zero attached hydrogens (tertiary/aromatic N) is 5. The Morgan fingerprint density at radius 2 is 2.00 bits per heavy atom. The van der Waals surface area contributed by atoms with Gasteiger partial charge in [0.15, 0.2) is 0 Å². The van der Waals surface area contributed by atoms with Crippen molar-refractivity contribution in [2.45, 2.75) is 31.8 Å². The number of rotatable bonds is 3. The first kappa shape index (κ1) is 17.2. The molecule has 26 heavy (non-hydrogen) atoms. The Hall–Kier alpha value is -2.23. The van der Waals surface area contributed by atoms with E-state index < -0.39 is 0 Å². The molecule has 2 saturated heterocycles. The van der Waals surface area contributed by atoms with Gasteiger partial charge >= 0.3 is 0 Å². The van der Waals surface area contributed by atoms with Crippen molar-refractivity contribution >= 4 is 16.7 Å². The van der Waals surface area contributed by atoms with Crippen LogP contribution in [0.25, 0.3) is 11.0 Å². The van der Waals surface area contributed by atoms with Crippen molar-refractivity contribution < 1.29 is 4.74 Å². The smallest absolute Gasteiger partial charge is 0.113 e. The van der Waals surface area contributed by atoms with E-state index in [0.29, 0.717) is 29.1 Å². The van der Waals surface area contributed by atoms with Crippen LogP contribution in [-0.4, -0.2) is 60.3 Å². The van der Waals surface area contributed by atoms with Gasteiger partial charge in [0.2, 0.25) is 0 Å². The highest BCUT2D eigenvalue weighted by Crippen LogP contribution is 2.31. The summed E-state index contributed by atoms with van der Waals surface area (Å²) in [5.41, 5.74) is 3.18. The number of aromatic nitrogens is 2. The molecule has 0 saturated carbocycles. The number of piperidine rings is 1. The van der Waals surface area contributed by atoms with Gasteiger partial charge in [-0.15, -0.1) is 0 Å². The fourth-order valence-corrected chi connectivity index (χ4v) is 4.34. The van der Waals surface area contributed by atoms with Crippen LogP contribution in [0.3, 0.4) is 0 Å². The summed E-state index contributed by atoms with van der Waals surface area (Å²) in [5, 5.41) is 9.37. The second-order valence-electron chi connectivity index (χ2n) is 7.58. The topological polar surface area (TPSA) is 65.3 Å². The Balaban J connectivity index is 1.65. The molecule has 4 rings (SSSR count). The van der Waals surface area contributed by atoms with Gasteiger partial charge in [0.25, 0.3) is 0 Å². The monoisotopic (exact) mass is 351 g/mol. The van der Waals surface area contributed by atoms with E-state index in [0.717, 1.165) is 43.9 Å². The summed E-state index contributed by atoms with van der Waals surface area (Å²) in [5.74, 6) is 0.598. The van der Waals surface area contributed by atoms with E-state index in [4.69, 9.17) is 4.74 Å². The molecule has 2 aromatic rings. The number of nitriles is 1. The average molecular weight is 351 g/mol. The molecule has 2 aliphatic heterocycles. The number of benzene rings is 1. The van der Waals surface area contributed by atoms with Crippen LogP contribution in [0.15, 0.2) is 24.5 Å².